The van der Waals surface area contributed by atoms with Gasteiger partial charge in [0.15, 0.2) is 0 Å². The molecule has 3 aromatic carbocycles. The molecule has 4 N–H and O–H groups in total. The maximum atomic E-state index is 12.7. The van der Waals surface area contributed by atoms with Gasteiger partial charge in [0.1, 0.15) is 17.2 Å². The number of alkyl halides is 1. The summed E-state index contributed by atoms with van der Waals surface area (Å²) in [5.74, 6) is -0.838. The van der Waals surface area contributed by atoms with E-state index < -0.39 is 15.9 Å². The molecule has 166 valence electrons. The minimum atomic E-state index is -3.77. The lowest BCUT2D eigenvalue weighted by Gasteiger charge is -2.11. The van der Waals surface area contributed by atoms with Crippen molar-refractivity contribution >= 4 is 37.6 Å². The number of sulfonamides is 1. The molecular formula is C22H20BrN3O5S. The van der Waals surface area contributed by atoms with Crippen LogP contribution in [-0.2, 0) is 10.0 Å². The molecule has 3 aromatic rings. The molecule has 0 heterocycles. The highest BCUT2D eigenvalue weighted by Gasteiger charge is 2.18. The van der Waals surface area contributed by atoms with Gasteiger partial charge in [-0.05, 0) is 42.5 Å². The van der Waals surface area contributed by atoms with Gasteiger partial charge in [-0.15, -0.1) is 0 Å². The van der Waals surface area contributed by atoms with Crippen molar-refractivity contribution < 1.29 is 23.4 Å². The lowest BCUT2D eigenvalue weighted by Crippen LogP contribution is -2.26. The summed E-state index contributed by atoms with van der Waals surface area (Å²) in [7, 11) is -3.77. The van der Waals surface area contributed by atoms with Crippen LogP contribution in [0.15, 0.2) is 82.8 Å². The highest BCUT2D eigenvalue weighted by molar-refractivity contribution is 9.09. The molecule has 32 heavy (non-hydrogen) atoms. The molecule has 0 saturated carbocycles. The number of nitrogens with zero attached hydrogens (tertiary/aromatic N) is 1. The second-order valence-electron chi connectivity index (χ2n) is 6.55. The van der Waals surface area contributed by atoms with Crippen LogP contribution in [0.25, 0.3) is 0 Å². The van der Waals surface area contributed by atoms with Gasteiger partial charge in [-0.2, -0.15) is 5.10 Å². The molecule has 1 amide bonds. The van der Waals surface area contributed by atoms with Crippen LogP contribution >= 0.6 is 15.9 Å². The molecule has 0 radical (unpaired) electrons. The average Bonchev–Trinajstić information content (AvgIpc) is 2.80. The quantitative estimate of drug-likeness (QED) is 0.207. The lowest BCUT2D eigenvalue weighted by molar-refractivity contribution is 0.0954. The van der Waals surface area contributed by atoms with E-state index in [1.54, 1.807) is 36.4 Å². The third kappa shape index (κ3) is 5.52. The number of carbonyl (C=O) groups is 1. The van der Waals surface area contributed by atoms with Gasteiger partial charge in [-0.25, -0.2) is 18.6 Å². The van der Waals surface area contributed by atoms with Crippen molar-refractivity contribution in [3.8, 4) is 11.5 Å². The van der Waals surface area contributed by atoms with Gasteiger partial charge in [0.2, 0.25) is 10.0 Å². The van der Waals surface area contributed by atoms with Crippen LogP contribution in [0.5, 0.6) is 11.5 Å². The summed E-state index contributed by atoms with van der Waals surface area (Å²) in [5, 5.41) is 25.1. The monoisotopic (exact) mass is 517 g/mol. The number of benzene rings is 3. The van der Waals surface area contributed by atoms with E-state index in [0.717, 1.165) is 0 Å². The molecule has 0 saturated heterocycles. The Balaban J connectivity index is 1.95. The molecule has 3 rings (SSSR count). The number of halogens is 1. The molecular weight excluding hydrogens is 498 g/mol. The van der Waals surface area contributed by atoms with Crippen molar-refractivity contribution in [2.75, 3.05) is 11.9 Å². The topological polar surface area (TPSA) is 128 Å². The Morgan fingerprint density at radius 3 is 2.06 bits per heavy atom. The highest BCUT2D eigenvalue weighted by Crippen LogP contribution is 2.25. The van der Waals surface area contributed by atoms with Gasteiger partial charge in [-0.3, -0.25) is 4.79 Å². The Labute approximate surface area is 193 Å². The first-order chi connectivity index (χ1) is 15.3. The van der Waals surface area contributed by atoms with Crippen LogP contribution in [0.1, 0.15) is 21.5 Å². The van der Waals surface area contributed by atoms with Crippen LogP contribution in [0, 0.1) is 0 Å². The largest absolute Gasteiger partial charge is 0.507 e. The first-order valence-corrected chi connectivity index (χ1v) is 12.0. The Morgan fingerprint density at radius 1 is 0.906 bits per heavy atom. The number of aromatic hydroxyl groups is 2. The van der Waals surface area contributed by atoms with Crippen molar-refractivity contribution in [2.45, 2.75) is 4.90 Å². The summed E-state index contributed by atoms with van der Waals surface area (Å²) in [6, 6.07) is 18.3. The molecule has 0 aromatic heterocycles. The summed E-state index contributed by atoms with van der Waals surface area (Å²) < 4.78 is 27.1. The SMILES string of the molecule is O=C(NN=C(c1ccccc1O)c1ccccc1O)c1cccc(S(=O)(=O)NCCBr)c1. The number of phenolic OH excluding ortho intramolecular Hbond substituents is 2. The Kier molecular flexibility index (Phi) is 7.62. The maximum absolute atomic E-state index is 12.7. The second-order valence-corrected chi connectivity index (χ2v) is 9.11. The number of hydrogen-bond donors (Lipinski definition) is 4. The number of nitrogens with one attached hydrogen (secondary N) is 2. The molecule has 0 atom stereocenters. The fourth-order valence-corrected chi connectivity index (χ4v) is 4.38. The van der Waals surface area contributed by atoms with E-state index in [9.17, 15) is 23.4 Å². The minimum Gasteiger partial charge on any atom is -0.507 e. The predicted octanol–water partition coefficient (Wildman–Crippen LogP) is 2.95. The first kappa shape index (κ1) is 23.5. The van der Waals surface area contributed by atoms with E-state index in [4.69, 9.17) is 0 Å². The molecule has 0 aliphatic heterocycles. The van der Waals surface area contributed by atoms with Gasteiger partial charge >= 0.3 is 0 Å². The molecule has 0 fully saturated rings. The van der Waals surface area contributed by atoms with E-state index in [2.05, 4.69) is 31.2 Å². The molecule has 0 spiro atoms. The molecule has 0 bridgehead atoms. The van der Waals surface area contributed by atoms with Gasteiger partial charge in [0, 0.05) is 28.6 Å². The Bertz CT molecular complexity index is 1210. The zero-order valence-electron chi connectivity index (χ0n) is 16.7. The van der Waals surface area contributed by atoms with Crippen molar-refractivity contribution in [2.24, 2.45) is 5.10 Å². The minimum absolute atomic E-state index is 0.0586. The second kappa shape index (κ2) is 10.4. The summed E-state index contributed by atoms with van der Waals surface area (Å²) in [4.78, 5) is 12.7. The molecule has 0 aliphatic carbocycles. The number of rotatable bonds is 8. The molecule has 8 nitrogen and oxygen atoms in total. The molecule has 0 aliphatic rings. The Hall–Kier alpha value is -3.21. The number of amides is 1. The Morgan fingerprint density at radius 2 is 1.50 bits per heavy atom. The fourth-order valence-electron chi connectivity index (χ4n) is 2.85. The molecule has 10 heteroatoms. The fraction of sp³-hybridized carbons (Fsp3) is 0.0909. The van der Waals surface area contributed by atoms with Gasteiger partial charge in [0.05, 0.1) is 4.90 Å². The number of para-hydroxylation sites is 2. The number of hydrogen-bond acceptors (Lipinski definition) is 6. The lowest BCUT2D eigenvalue weighted by atomic mass is 10.0. The van der Waals surface area contributed by atoms with Gasteiger partial charge in [0.25, 0.3) is 5.91 Å². The van der Waals surface area contributed by atoms with E-state index in [1.807, 2.05) is 0 Å². The van der Waals surface area contributed by atoms with Crippen LogP contribution < -0.4 is 10.1 Å². The number of carbonyl (C=O) groups excluding carboxylic acids is 1. The zero-order valence-corrected chi connectivity index (χ0v) is 19.1. The number of hydrazone groups is 1. The van der Waals surface area contributed by atoms with E-state index in [-0.39, 0.29) is 34.2 Å². The van der Waals surface area contributed by atoms with Crippen LogP contribution in [0.4, 0.5) is 0 Å². The first-order valence-electron chi connectivity index (χ1n) is 9.44. The summed E-state index contributed by atoms with van der Waals surface area (Å²) in [6.45, 7) is 0.202. The van der Waals surface area contributed by atoms with Crippen LogP contribution in [-0.4, -0.2) is 42.1 Å². The van der Waals surface area contributed by atoms with E-state index in [1.165, 1.54) is 36.4 Å². The molecule has 0 unspecified atom stereocenters. The van der Waals surface area contributed by atoms with Gasteiger partial charge < -0.3 is 10.2 Å². The maximum Gasteiger partial charge on any atom is 0.271 e. The van der Waals surface area contributed by atoms with E-state index >= 15 is 0 Å². The standard InChI is InChI=1S/C22H20BrN3O5S/c23-12-13-24-32(30,31)16-7-5-6-15(14-16)22(29)26-25-21(17-8-1-3-10-19(17)27)18-9-2-4-11-20(18)28/h1-11,14,24,27-28H,12-13H2,(H,26,29). The third-order valence-electron chi connectivity index (χ3n) is 4.38. The normalized spacial score (nSPS) is 11.0. The average molecular weight is 518 g/mol. The van der Waals surface area contributed by atoms with Crippen molar-refractivity contribution in [1.29, 1.82) is 0 Å². The van der Waals surface area contributed by atoms with Gasteiger partial charge in [-0.1, -0.05) is 46.3 Å². The van der Waals surface area contributed by atoms with Crippen molar-refractivity contribution in [3.05, 3.63) is 89.5 Å². The number of phenols is 2. The zero-order chi connectivity index (χ0) is 23.1. The predicted molar refractivity (Wildman–Crippen MR) is 125 cm³/mol. The summed E-state index contributed by atoms with van der Waals surface area (Å²) in [6.07, 6.45) is 0. The van der Waals surface area contributed by atoms with Crippen LogP contribution in [0.2, 0.25) is 0 Å². The summed E-state index contributed by atoms with van der Waals surface area (Å²) in [5.41, 5.74) is 3.18. The third-order valence-corrected chi connectivity index (χ3v) is 6.24. The highest BCUT2D eigenvalue weighted by atomic mass is 79.9. The van der Waals surface area contributed by atoms with E-state index in [0.29, 0.717) is 16.5 Å². The summed E-state index contributed by atoms with van der Waals surface area (Å²) >= 11 is 3.15. The smallest absolute Gasteiger partial charge is 0.271 e. The van der Waals surface area contributed by atoms with Crippen molar-refractivity contribution in [1.82, 2.24) is 10.1 Å². The van der Waals surface area contributed by atoms with Crippen molar-refractivity contribution in [3.63, 3.8) is 0 Å². The van der Waals surface area contributed by atoms with Crippen LogP contribution in [0.3, 0.4) is 0 Å².